The molecule has 14 heavy (non-hydrogen) atoms. The van der Waals surface area contributed by atoms with Crippen LogP contribution in [0.15, 0.2) is 23.9 Å². The van der Waals surface area contributed by atoms with Gasteiger partial charge < -0.3 is 9.64 Å². The molecule has 1 rings (SSSR count). The lowest BCUT2D eigenvalue weighted by Crippen LogP contribution is -2.23. The van der Waals surface area contributed by atoms with E-state index in [2.05, 4.69) is 4.74 Å². The van der Waals surface area contributed by atoms with E-state index in [4.69, 9.17) is 0 Å². The van der Waals surface area contributed by atoms with E-state index in [-0.39, 0.29) is 0 Å². The van der Waals surface area contributed by atoms with E-state index < -0.39 is 6.30 Å². The van der Waals surface area contributed by atoms with Crippen LogP contribution < -0.4 is 0 Å². The summed E-state index contributed by atoms with van der Waals surface area (Å²) in [6.07, 6.45) is 3.88. The number of hydrogen-bond acceptors (Lipinski definition) is 3. The maximum Gasteiger partial charge on any atom is 0.191 e. The normalized spacial score (nSPS) is 19.6. The summed E-state index contributed by atoms with van der Waals surface area (Å²) in [7, 11) is 3.26. The first-order valence-corrected chi connectivity index (χ1v) is 4.35. The Morgan fingerprint density at radius 2 is 2.29 bits per heavy atom. The van der Waals surface area contributed by atoms with Gasteiger partial charge in [-0.25, -0.2) is 4.39 Å². The van der Waals surface area contributed by atoms with Gasteiger partial charge in [-0.1, -0.05) is 0 Å². The number of carbonyl (C=O) groups excluding carboxylic acids is 1. The Kier molecular flexibility index (Phi) is 6.66. The van der Waals surface area contributed by atoms with Crippen LogP contribution in [0.3, 0.4) is 0 Å². The van der Waals surface area contributed by atoms with Crippen molar-refractivity contribution in [2.45, 2.75) is 13.2 Å². The highest BCUT2D eigenvalue weighted by Crippen LogP contribution is 2.10. The number of methoxy groups -OCH3 is 1. The molecule has 80 valence electrons. The van der Waals surface area contributed by atoms with Crippen molar-refractivity contribution in [3.8, 4) is 0 Å². The second-order valence-electron chi connectivity index (χ2n) is 2.72. The number of halogens is 1. The fourth-order valence-corrected chi connectivity index (χ4v) is 0.745. The molecule has 1 atom stereocenters. The number of carbonyl (C=O) groups is 1. The van der Waals surface area contributed by atoms with Gasteiger partial charge in [-0.05, 0) is 19.1 Å². The number of aldehydes is 1. The molecular weight excluding hydrogens is 185 g/mol. The van der Waals surface area contributed by atoms with Gasteiger partial charge in [0.1, 0.15) is 0 Å². The van der Waals surface area contributed by atoms with Gasteiger partial charge in [0.25, 0.3) is 0 Å². The van der Waals surface area contributed by atoms with Gasteiger partial charge in [0.2, 0.25) is 0 Å². The third kappa shape index (κ3) is 4.77. The lowest BCUT2D eigenvalue weighted by atomic mass is 10.2. The molecule has 0 saturated carbocycles. The van der Waals surface area contributed by atoms with Gasteiger partial charge in [-0.15, -0.1) is 0 Å². The van der Waals surface area contributed by atoms with E-state index in [0.29, 0.717) is 11.9 Å². The van der Waals surface area contributed by atoms with Crippen LogP contribution in [-0.2, 0) is 9.53 Å². The molecule has 1 unspecified atom stereocenters. The SMILES string of the molecule is CCOC.CN1C=C(C=O)C=CC1F. The minimum atomic E-state index is -1.09. The second-order valence-corrected chi connectivity index (χ2v) is 2.72. The van der Waals surface area contributed by atoms with Crippen molar-refractivity contribution in [2.24, 2.45) is 0 Å². The summed E-state index contributed by atoms with van der Waals surface area (Å²) in [6.45, 7) is 2.78. The Balaban J connectivity index is 0.000000364. The zero-order valence-corrected chi connectivity index (χ0v) is 8.74. The van der Waals surface area contributed by atoms with Crippen molar-refractivity contribution in [3.05, 3.63) is 23.9 Å². The maximum absolute atomic E-state index is 12.6. The average molecular weight is 201 g/mol. The fraction of sp³-hybridized carbons (Fsp3) is 0.500. The first kappa shape index (κ1) is 12.8. The fourth-order valence-electron chi connectivity index (χ4n) is 0.745. The van der Waals surface area contributed by atoms with Crippen molar-refractivity contribution >= 4 is 6.29 Å². The second kappa shape index (κ2) is 7.26. The largest absolute Gasteiger partial charge is 0.385 e. The Morgan fingerprint density at radius 1 is 1.71 bits per heavy atom. The molecule has 0 aromatic carbocycles. The van der Waals surface area contributed by atoms with Gasteiger partial charge >= 0.3 is 0 Å². The first-order chi connectivity index (χ1) is 6.65. The van der Waals surface area contributed by atoms with Crippen LogP contribution in [-0.4, -0.2) is 38.2 Å². The highest BCUT2D eigenvalue weighted by molar-refractivity contribution is 5.77. The molecular formula is C10H16FNO2. The molecule has 0 aromatic rings. The van der Waals surface area contributed by atoms with E-state index in [0.717, 1.165) is 6.61 Å². The number of ether oxygens (including phenoxy) is 1. The minimum absolute atomic E-state index is 0.497. The molecule has 4 heteroatoms. The molecule has 3 nitrogen and oxygen atoms in total. The van der Waals surface area contributed by atoms with Gasteiger partial charge in [0, 0.05) is 32.5 Å². The number of alkyl halides is 1. The summed E-state index contributed by atoms with van der Waals surface area (Å²) in [5, 5.41) is 0. The smallest absolute Gasteiger partial charge is 0.191 e. The van der Waals surface area contributed by atoms with Crippen molar-refractivity contribution in [2.75, 3.05) is 20.8 Å². The lowest BCUT2D eigenvalue weighted by molar-refractivity contribution is -0.104. The molecule has 0 amide bonds. The topological polar surface area (TPSA) is 29.5 Å². The summed E-state index contributed by atoms with van der Waals surface area (Å²) >= 11 is 0. The van der Waals surface area contributed by atoms with Gasteiger partial charge in [0.05, 0.1) is 0 Å². The lowest BCUT2D eigenvalue weighted by Gasteiger charge is -2.19. The molecule has 0 aromatic heterocycles. The van der Waals surface area contributed by atoms with Crippen LogP contribution in [0.5, 0.6) is 0 Å². The Morgan fingerprint density at radius 3 is 2.64 bits per heavy atom. The molecule has 0 fully saturated rings. The third-order valence-corrected chi connectivity index (χ3v) is 1.61. The Bertz CT molecular complexity index is 224. The first-order valence-electron chi connectivity index (χ1n) is 4.35. The van der Waals surface area contributed by atoms with Crippen LogP contribution in [0, 0.1) is 0 Å². The summed E-state index contributed by atoms with van der Waals surface area (Å²) in [5.41, 5.74) is 0.497. The van der Waals surface area contributed by atoms with Crippen LogP contribution in [0.2, 0.25) is 0 Å². The molecule has 0 saturated heterocycles. The van der Waals surface area contributed by atoms with E-state index in [1.165, 1.54) is 23.3 Å². The number of likely N-dealkylation sites (N-methyl/N-ethyl adjacent to an activating group) is 1. The van der Waals surface area contributed by atoms with Crippen molar-refractivity contribution in [3.63, 3.8) is 0 Å². The van der Waals surface area contributed by atoms with Gasteiger partial charge in [-0.2, -0.15) is 0 Å². The highest BCUT2D eigenvalue weighted by Gasteiger charge is 2.10. The zero-order chi connectivity index (χ0) is 11.0. The highest BCUT2D eigenvalue weighted by atomic mass is 19.1. The van der Waals surface area contributed by atoms with Crippen molar-refractivity contribution in [1.82, 2.24) is 4.90 Å². The summed E-state index contributed by atoms with van der Waals surface area (Å²) in [5.74, 6) is 0. The van der Waals surface area contributed by atoms with Crippen molar-refractivity contribution in [1.29, 1.82) is 0 Å². The minimum Gasteiger partial charge on any atom is -0.385 e. The molecule has 1 aliphatic heterocycles. The quantitative estimate of drug-likeness (QED) is 0.501. The predicted octanol–water partition coefficient (Wildman–Crippen LogP) is 1.52. The van der Waals surface area contributed by atoms with Crippen molar-refractivity contribution < 1.29 is 13.9 Å². The molecule has 0 spiro atoms. The van der Waals surface area contributed by atoms with E-state index in [1.807, 2.05) is 6.92 Å². The van der Waals surface area contributed by atoms with E-state index in [1.54, 1.807) is 14.2 Å². The van der Waals surface area contributed by atoms with Gasteiger partial charge in [-0.3, -0.25) is 4.79 Å². The summed E-state index contributed by atoms with van der Waals surface area (Å²) in [6, 6.07) is 0. The standard InChI is InChI=1S/C7H8FNO.C3H8O/c1-9-4-6(5-10)2-3-7(9)8;1-3-4-2/h2-5,7H,1H3;3H2,1-2H3. The zero-order valence-electron chi connectivity index (χ0n) is 8.74. The summed E-state index contributed by atoms with van der Waals surface area (Å²) in [4.78, 5) is 11.5. The van der Waals surface area contributed by atoms with Crippen LogP contribution in [0.4, 0.5) is 4.39 Å². The monoisotopic (exact) mass is 201 g/mol. The maximum atomic E-state index is 12.6. The number of nitrogens with zero attached hydrogens (tertiary/aromatic N) is 1. The molecule has 0 aliphatic carbocycles. The van der Waals surface area contributed by atoms with Crippen LogP contribution in [0.25, 0.3) is 0 Å². The molecule has 1 heterocycles. The molecule has 0 N–H and O–H groups in total. The third-order valence-electron chi connectivity index (χ3n) is 1.61. The number of hydrogen-bond donors (Lipinski definition) is 0. The summed E-state index contributed by atoms with van der Waals surface area (Å²) < 4.78 is 17.1. The molecule has 0 bridgehead atoms. The number of rotatable bonds is 2. The average Bonchev–Trinajstić information content (AvgIpc) is 2.22. The van der Waals surface area contributed by atoms with E-state index in [9.17, 15) is 9.18 Å². The Hall–Kier alpha value is -1.16. The number of allylic oxidation sites excluding steroid dienone is 2. The predicted molar refractivity (Wildman–Crippen MR) is 53.5 cm³/mol. The Labute approximate surface area is 83.8 Å². The van der Waals surface area contributed by atoms with Gasteiger partial charge in [0.15, 0.2) is 12.6 Å². The van der Waals surface area contributed by atoms with E-state index >= 15 is 0 Å². The van der Waals surface area contributed by atoms with Crippen LogP contribution >= 0.6 is 0 Å². The molecule has 1 aliphatic rings. The van der Waals surface area contributed by atoms with Crippen LogP contribution in [0.1, 0.15) is 6.92 Å². The molecule has 0 radical (unpaired) electrons.